The van der Waals surface area contributed by atoms with Crippen LogP contribution in [0.5, 0.6) is 5.75 Å². The summed E-state index contributed by atoms with van der Waals surface area (Å²) in [4.78, 5) is 27.9. The average molecular weight is 331 g/mol. The molecule has 0 spiro atoms. The fraction of sp³-hybridized carbons (Fsp3) is 0.353. The Morgan fingerprint density at radius 2 is 2.09 bits per heavy atom. The molecule has 3 rings (SSSR count). The van der Waals surface area contributed by atoms with Gasteiger partial charge in [0.25, 0.3) is 0 Å². The zero-order chi connectivity index (χ0) is 16.1. The van der Waals surface area contributed by atoms with Crippen LogP contribution in [0.25, 0.3) is 0 Å². The van der Waals surface area contributed by atoms with Crippen LogP contribution >= 0.6 is 11.3 Å². The molecule has 0 bridgehead atoms. The summed E-state index contributed by atoms with van der Waals surface area (Å²) < 4.78 is 10.9. The molecule has 1 aromatic heterocycles. The molecule has 0 aliphatic heterocycles. The number of esters is 1. The highest BCUT2D eigenvalue weighted by Crippen LogP contribution is 2.20. The van der Waals surface area contributed by atoms with Gasteiger partial charge in [-0.3, -0.25) is 4.79 Å². The van der Waals surface area contributed by atoms with Gasteiger partial charge in [0.1, 0.15) is 12.4 Å². The summed E-state index contributed by atoms with van der Waals surface area (Å²) in [5, 5.41) is 1.92. The van der Waals surface area contributed by atoms with Crippen molar-refractivity contribution in [1.29, 1.82) is 0 Å². The van der Waals surface area contributed by atoms with E-state index in [1.807, 2.05) is 5.38 Å². The van der Waals surface area contributed by atoms with Crippen LogP contribution in [0.1, 0.15) is 41.7 Å². The first-order valence-electron chi connectivity index (χ1n) is 7.56. The molecule has 1 aliphatic rings. The summed E-state index contributed by atoms with van der Waals surface area (Å²) >= 11 is 1.52. The molecular formula is C17H17NO4S. The molecule has 1 atom stereocenters. The van der Waals surface area contributed by atoms with E-state index in [2.05, 4.69) is 4.98 Å². The van der Waals surface area contributed by atoms with E-state index in [1.54, 1.807) is 29.8 Å². The van der Waals surface area contributed by atoms with E-state index in [4.69, 9.17) is 9.47 Å². The molecule has 2 aromatic rings. The Morgan fingerprint density at radius 3 is 2.78 bits per heavy atom. The Hall–Kier alpha value is -2.21. The number of nitrogens with zero attached hydrogens (tertiary/aromatic N) is 1. The van der Waals surface area contributed by atoms with Crippen LogP contribution in [-0.2, 0) is 16.1 Å². The van der Waals surface area contributed by atoms with Crippen molar-refractivity contribution < 1.29 is 19.1 Å². The number of hydrogen-bond acceptors (Lipinski definition) is 6. The summed E-state index contributed by atoms with van der Waals surface area (Å²) in [7, 11) is 0. The van der Waals surface area contributed by atoms with Gasteiger partial charge in [-0.25, -0.2) is 9.78 Å². The molecular weight excluding hydrogens is 314 g/mol. The van der Waals surface area contributed by atoms with Gasteiger partial charge in [-0.2, -0.15) is 0 Å². The Bertz CT molecular complexity index is 666. The summed E-state index contributed by atoms with van der Waals surface area (Å²) in [5.41, 5.74) is 3.04. The van der Waals surface area contributed by atoms with Crippen molar-refractivity contribution in [3.63, 3.8) is 0 Å². The molecule has 1 aliphatic carbocycles. The van der Waals surface area contributed by atoms with Crippen molar-refractivity contribution in [1.82, 2.24) is 4.98 Å². The number of aromatic nitrogens is 1. The minimum Gasteiger partial charge on any atom is -0.487 e. The monoisotopic (exact) mass is 331 g/mol. The number of ether oxygens (including phenoxy) is 2. The van der Waals surface area contributed by atoms with Crippen LogP contribution < -0.4 is 4.74 Å². The van der Waals surface area contributed by atoms with Crippen LogP contribution in [0.4, 0.5) is 0 Å². The lowest BCUT2D eigenvalue weighted by molar-refractivity contribution is -0.129. The van der Waals surface area contributed by atoms with Crippen LogP contribution in [0.2, 0.25) is 0 Å². The number of thiazole rings is 1. The number of carbonyl (C=O) groups is 2. The van der Waals surface area contributed by atoms with Crippen molar-refractivity contribution in [3.8, 4) is 5.75 Å². The molecule has 6 heteroatoms. The molecule has 1 heterocycles. The first kappa shape index (κ1) is 15.7. The van der Waals surface area contributed by atoms with E-state index >= 15 is 0 Å². The molecule has 5 nitrogen and oxygen atoms in total. The number of hydrogen-bond donors (Lipinski definition) is 0. The van der Waals surface area contributed by atoms with E-state index in [1.165, 1.54) is 11.3 Å². The molecule has 0 N–H and O–H groups in total. The van der Waals surface area contributed by atoms with Gasteiger partial charge >= 0.3 is 5.97 Å². The fourth-order valence-corrected chi connectivity index (χ4v) is 2.97. The van der Waals surface area contributed by atoms with E-state index < -0.39 is 12.1 Å². The highest BCUT2D eigenvalue weighted by Gasteiger charge is 2.26. The molecule has 1 aromatic carbocycles. The first-order chi connectivity index (χ1) is 11.2. The predicted molar refractivity (Wildman–Crippen MR) is 85.6 cm³/mol. The normalized spacial score (nSPS) is 17.7. The molecule has 1 unspecified atom stereocenters. The molecule has 0 radical (unpaired) electrons. The van der Waals surface area contributed by atoms with Crippen LogP contribution in [0.15, 0.2) is 35.2 Å². The lowest BCUT2D eigenvalue weighted by Crippen LogP contribution is -2.30. The van der Waals surface area contributed by atoms with Crippen molar-refractivity contribution in [2.45, 2.75) is 38.4 Å². The second-order valence-corrected chi connectivity index (χ2v) is 6.12. The van der Waals surface area contributed by atoms with Gasteiger partial charge in [0.15, 0.2) is 11.9 Å². The van der Waals surface area contributed by atoms with Crippen molar-refractivity contribution in [3.05, 3.63) is 46.4 Å². The summed E-state index contributed by atoms with van der Waals surface area (Å²) in [5.74, 6) is 0.215. The third-order valence-corrected chi connectivity index (χ3v) is 4.34. The first-order valence-corrected chi connectivity index (χ1v) is 8.50. The van der Waals surface area contributed by atoms with Crippen molar-refractivity contribution >= 4 is 23.1 Å². The number of ketones is 1. The summed E-state index contributed by atoms with van der Waals surface area (Å²) in [6.07, 6.45) is 2.35. The Morgan fingerprint density at radius 1 is 1.26 bits per heavy atom. The minimum absolute atomic E-state index is 0.0211. The maximum atomic E-state index is 12.1. The molecule has 23 heavy (non-hydrogen) atoms. The number of carbonyl (C=O) groups excluding carboxylic acids is 2. The van der Waals surface area contributed by atoms with E-state index in [9.17, 15) is 9.59 Å². The molecule has 120 valence electrons. The maximum Gasteiger partial charge on any atom is 0.338 e. The number of Topliss-reactive ketones (excluding diaryl/α,β-unsaturated/α-hetero) is 1. The molecule has 1 fully saturated rings. The summed E-state index contributed by atoms with van der Waals surface area (Å²) in [6.45, 7) is 0.393. The van der Waals surface area contributed by atoms with E-state index in [-0.39, 0.29) is 5.78 Å². The quantitative estimate of drug-likeness (QED) is 0.786. The van der Waals surface area contributed by atoms with Gasteiger partial charge in [-0.1, -0.05) is 0 Å². The van der Waals surface area contributed by atoms with Crippen molar-refractivity contribution in [2.75, 3.05) is 0 Å². The maximum absolute atomic E-state index is 12.1. The second kappa shape index (κ2) is 7.37. The van der Waals surface area contributed by atoms with Gasteiger partial charge in [0.2, 0.25) is 0 Å². The molecule has 0 amide bonds. The highest BCUT2D eigenvalue weighted by atomic mass is 32.1. The topological polar surface area (TPSA) is 65.5 Å². The second-order valence-electron chi connectivity index (χ2n) is 5.40. The smallest absolute Gasteiger partial charge is 0.338 e. The van der Waals surface area contributed by atoms with Gasteiger partial charge in [0.05, 0.1) is 16.8 Å². The SMILES string of the molecule is O=C(OC1CCCCC1=O)c1ccc(OCc2cscn2)cc1. The third kappa shape index (κ3) is 4.16. The Balaban J connectivity index is 1.55. The van der Waals surface area contributed by atoms with Crippen LogP contribution in [-0.4, -0.2) is 22.8 Å². The van der Waals surface area contributed by atoms with E-state index in [0.29, 0.717) is 30.8 Å². The summed E-state index contributed by atoms with van der Waals surface area (Å²) in [6, 6.07) is 6.72. The Labute approximate surface area is 138 Å². The largest absolute Gasteiger partial charge is 0.487 e. The zero-order valence-electron chi connectivity index (χ0n) is 12.6. The number of rotatable bonds is 5. The van der Waals surface area contributed by atoms with Gasteiger partial charge in [-0.15, -0.1) is 11.3 Å². The fourth-order valence-electron chi connectivity index (χ4n) is 2.43. The van der Waals surface area contributed by atoms with Gasteiger partial charge < -0.3 is 9.47 Å². The van der Waals surface area contributed by atoms with Crippen molar-refractivity contribution in [2.24, 2.45) is 0 Å². The molecule has 0 saturated heterocycles. The Kier molecular flexibility index (Phi) is 5.02. The predicted octanol–water partition coefficient (Wildman–Crippen LogP) is 3.39. The zero-order valence-corrected chi connectivity index (χ0v) is 13.4. The minimum atomic E-state index is -0.586. The van der Waals surface area contributed by atoms with Crippen LogP contribution in [0.3, 0.4) is 0 Å². The standard InChI is InChI=1S/C17H17NO4S/c19-15-3-1-2-4-16(15)22-17(20)12-5-7-14(8-6-12)21-9-13-10-23-11-18-13/h5-8,10-11,16H,1-4,9H2. The van der Waals surface area contributed by atoms with Crippen LogP contribution in [0, 0.1) is 0 Å². The van der Waals surface area contributed by atoms with Gasteiger partial charge in [0, 0.05) is 11.8 Å². The highest BCUT2D eigenvalue weighted by molar-refractivity contribution is 7.07. The van der Waals surface area contributed by atoms with E-state index in [0.717, 1.165) is 18.5 Å². The third-order valence-electron chi connectivity index (χ3n) is 3.71. The average Bonchev–Trinajstić information content (AvgIpc) is 3.09. The lowest BCUT2D eigenvalue weighted by Gasteiger charge is -2.20. The van der Waals surface area contributed by atoms with Gasteiger partial charge in [-0.05, 0) is 43.5 Å². The lowest BCUT2D eigenvalue weighted by atomic mass is 9.96. The molecule has 1 saturated carbocycles. The number of benzene rings is 1.